The van der Waals surface area contributed by atoms with Gasteiger partial charge < -0.3 is 21.1 Å². The van der Waals surface area contributed by atoms with Gasteiger partial charge in [0.15, 0.2) is 0 Å². The monoisotopic (exact) mass is 455 g/mol. The average Bonchev–Trinajstić information content (AvgIpc) is 2.52. The molecule has 0 heterocycles. The number of amides is 3. The Morgan fingerprint density at radius 2 is 1.61 bits per heavy atom. The van der Waals surface area contributed by atoms with E-state index in [-0.39, 0.29) is 5.92 Å². The van der Waals surface area contributed by atoms with E-state index in [1.165, 1.54) is 0 Å². The molecule has 0 aliphatic rings. The zero-order valence-corrected chi connectivity index (χ0v) is 18.8. The van der Waals surface area contributed by atoms with Gasteiger partial charge >= 0.3 is 12.0 Å². The molecule has 0 aromatic heterocycles. The van der Waals surface area contributed by atoms with Gasteiger partial charge in [-0.25, -0.2) is 9.59 Å². The lowest BCUT2D eigenvalue weighted by molar-refractivity contribution is -0.146. The first-order valence-corrected chi connectivity index (χ1v) is 9.92. The van der Waals surface area contributed by atoms with E-state index in [1.54, 1.807) is 52.0 Å². The molecule has 2 atom stereocenters. The number of carbonyl (C=O) groups is 3. The number of hydrogen-bond donors (Lipinski definition) is 4. The first kappa shape index (κ1) is 23.9. The molecule has 8 heteroatoms. The Labute approximate surface area is 174 Å². The molecule has 0 aliphatic heterocycles. The van der Waals surface area contributed by atoms with Crippen LogP contribution in [0.15, 0.2) is 28.7 Å². The van der Waals surface area contributed by atoms with Gasteiger partial charge in [0.2, 0.25) is 5.91 Å². The van der Waals surface area contributed by atoms with Crippen molar-refractivity contribution in [2.24, 2.45) is 11.3 Å². The SMILES string of the molecule is CC(C)CC(C)(NC(=O)Nc1ccc(Br)cc1)C(=O)NC(C(=O)O)C(C)(C)C. The highest BCUT2D eigenvalue weighted by Crippen LogP contribution is 2.23. The highest BCUT2D eigenvalue weighted by molar-refractivity contribution is 9.10. The maximum atomic E-state index is 13.0. The molecule has 3 amide bonds. The maximum Gasteiger partial charge on any atom is 0.326 e. The molecule has 1 rings (SSSR count). The van der Waals surface area contributed by atoms with Crippen LogP contribution in [0, 0.1) is 11.3 Å². The van der Waals surface area contributed by atoms with Crippen molar-refractivity contribution >= 4 is 39.5 Å². The van der Waals surface area contributed by atoms with Gasteiger partial charge in [-0.1, -0.05) is 50.5 Å². The maximum absolute atomic E-state index is 13.0. The van der Waals surface area contributed by atoms with Crippen molar-refractivity contribution in [3.05, 3.63) is 28.7 Å². The van der Waals surface area contributed by atoms with E-state index in [2.05, 4.69) is 31.9 Å². The Morgan fingerprint density at radius 1 is 1.07 bits per heavy atom. The van der Waals surface area contributed by atoms with E-state index in [1.807, 2.05) is 13.8 Å². The minimum Gasteiger partial charge on any atom is -0.480 e. The van der Waals surface area contributed by atoms with Gasteiger partial charge in [0.25, 0.3) is 0 Å². The van der Waals surface area contributed by atoms with Crippen molar-refractivity contribution in [2.75, 3.05) is 5.32 Å². The van der Waals surface area contributed by atoms with Gasteiger partial charge in [-0.15, -0.1) is 0 Å². The topological polar surface area (TPSA) is 108 Å². The third-order valence-electron chi connectivity index (χ3n) is 4.20. The molecule has 7 nitrogen and oxygen atoms in total. The molecule has 0 radical (unpaired) electrons. The number of carboxylic acids is 1. The van der Waals surface area contributed by atoms with E-state index in [0.29, 0.717) is 12.1 Å². The lowest BCUT2D eigenvalue weighted by atomic mass is 9.84. The fourth-order valence-corrected chi connectivity index (χ4v) is 3.17. The summed E-state index contributed by atoms with van der Waals surface area (Å²) in [6, 6.07) is 5.41. The second-order valence-corrected chi connectivity index (χ2v) is 9.54. The van der Waals surface area contributed by atoms with Crippen molar-refractivity contribution in [1.29, 1.82) is 0 Å². The highest BCUT2D eigenvalue weighted by atomic mass is 79.9. The molecule has 0 bridgehead atoms. The number of anilines is 1. The van der Waals surface area contributed by atoms with Crippen LogP contribution in [-0.2, 0) is 9.59 Å². The van der Waals surface area contributed by atoms with E-state index < -0.39 is 34.9 Å². The molecule has 1 aromatic carbocycles. The number of nitrogens with one attached hydrogen (secondary N) is 3. The van der Waals surface area contributed by atoms with Gasteiger partial charge in [0.05, 0.1) is 0 Å². The third-order valence-corrected chi connectivity index (χ3v) is 4.73. The van der Waals surface area contributed by atoms with Crippen molar-refractivity contribution in [1.82, 2.24) is 10.6 Å². The van der Waals surface area contributed by atoms with E-state index in [4.69, 9.17) is 0 Å². The molecule has 156 valence electrons. The molecule has 0 fully saturated rings. The summed E-state index contributed by atoms with van der Waals surface area (Å²) in [5.41, 5.74) is -1.38. The largest absolute Gasteiger partial charge is 0.480 e. The second-order valence-electron chi connectivity index (χ2n) is 8.63. The number of carbonyl (C=O) groups excluding carboxylic acids is 2. The smallest absolute Gasteiger partial charge is 0.326 e. The van der Waals surface area contributed by atoms with Crippen molar-refractivity contribution in [3.8, 4) is 0 Å². The van der Waals surface area contributed by atoms with Crippen LogP contribution >= 0.6 is 15.9 Å². The van der Waals surface area contributed by atoms with Crippen LogP contribution in [0.2, 0.25) is 0 Å². The Bertz CT molecular complexity index is 713. The summed E-state index contributed by atoms with van der Waals surface area (Å²) in [5.74, 6) is -1.55. The van der Waals surface area contributed by atoms with Crippen LogP contribution in [0.3, 0.4) is 0 Å². The lowest BCUT2D eigenvalue weighted by Gasteiger charge is -2.35. The molecular weight excluding hydrogens is 426 g/mol. The fourth-order valence-electron chi connectivity index (χ4n) is 2.90. The molecular formula is C20H30BrN3O4. The normalized spacial score (nSPS) is 14.7. The van der Waals surface area contributed by atoms with E-state index in [9.17, 15) is 19.5 Å². The number of benzene rings is 1. The summed E-state index contributed by atoms with van der Waals surface area (Å²) in [5, 5.41) is 17.5. The van der Waals surface area contributed by atoms with Gasteiger partial charge in [-0.05, 0) is 48.9 Å². The lowest BCUT2D eigenvalue weighted by Crippen LogP contribution is -2.62. The van der Waals surface area contributed by atoms with Crippen LogP contribution in [0.4, 0.5) is 10.5 Å². The van der Waals surface area contributed by atoms with Gasteiger partial charge in [0, 0.05) is 10.2 Å². The number of carboxylic acid groups (broad SMARTS) is 1. The molecule has 0 saturated carbocycles. The van der Waals surface area contributed by atoms with E-state index >= 15 is 0 Å². The van der Waals surface area contributed by atoms with Crippen LogP contribution in [0.25, 0.3) is 0 Å². The first-order chi connectivity index (χ1) is 12.7. The van der Waals surface area contributed by atoms with Crippen molar-refractivity contribution < 1.29 is 19.5 Å². The molecule has 0 spiro atoms. The summed E-state index contributed by atoms with van der Waals surface area (Å²) in [6.45, 7) is 10.7. The molecule has 4 N–H and O–H groups in total. The third kappa shape index (κ3) is 7.14. The number of hydrogen-bond acceptors (Lipinski definition) is 3. The van der Waals surface area contributed by atoms with Gasteiger partial charge in [-0.3, -0.25) is 4.79 Å². The first-order valence-electron chi connectivity index (χ1n) is 9.13. The molecule has 2 unspecified atom stereocenters. The summed E-state index contributed by atoms with van der Waals surface area (Å²) < 4.78 is 0.879. The predicted octanol–water partition coefficient (Wildman–Crippen LogP) is 3.99. The number of urea groups is 1. The summed E-state index contributed by atoms with van der Waals surface area (Å²) >= 11 is 3.33. The number of halogens is 1. The van der Waals surface area contributed by atoms with Crippen molar-refractivity contribution in [2.45, 2.75) is 59.5 Å². The minimum absolute atomic E-state index is 0.0987. The number of aliphatic carboxylic acids is 1. The Balaban J connectivity index is 2.99. The minimum atomic E-state index is -1.27. The van der Waals surface area contributed by atoms with Gasteiger partial charge in [-0.2, -0.15) is 0 Å². The quantitative estimate of drug-likeness (QED) is 0.498. The summed E-state index contributed by atoms with van der Waals surface area (Å²) in [7, 11) is 0. The standard InChI is InChI=1S/C20H30BrN3O4/c1-12(2)11-20(6,17(27)23-15(16(25)26)19(3,4)5)24-18(28)22-14-9-7-13(21)8-10-14/h7-10,12,15H,11H2,1-6H3,(H,23,27)(H,25,26)(H2,22,24,28). The molecule has 1 aromatic rings. The summed E-state index contributed by atoms with van der Waals surface area (Å²) in [6.07, 6.45) is 0.350. The zero-order valence-electron chi connectivity index (χ0n) is 17.2. The highest BCUT2D eigenvalue weighted by Gasteiger charge is 2.40. The van der Waals surface area contributed by atoms with E-state index in [0.717, 1.165) is 4.47 Å². The Hall–Kier alpha value is -2.09. The molecule has 0 saturated heterocycles. The van der Waals surface area contributed by atoms with Gasteiger partial charge in [0.1, 0.15) is 11.6 Å². The summed E-state index contributed by atoms with van der Waals surface area (Å²) in [4.78, 5) is 37.1. The molecule has 28 heavy (non-hydrogen) atoms. The number of rotatable bonds is 7. The van der Waals surface area contributed by atoms with Crippen LogP contribution in [0.5, 0.6) is 0 Å². The fraction of sp³-hybridized carbons (Fsp3) is 0.550. The zero-order chi connectivity index (χ0) is 21.7. The Morgan fingerprint density at radius 3 is 2.04 bits per heavy atom. The predicted molar refractivity (Wildman–Crippen MR) is 113 cm³/mol. The Kier molecular flexibility index (Phi) is 8.05. The molecule has 0 aliphatic carbocycles. The van der Waals surface area contributed by atoms with Crippen LogP contribution in [-0.4, -0.2) is 34.6 Å². The van der Waals surface area contributed by atoms with Crippen LogP contribution in [0.1, 0.15) is 48.0 Å². The second kappa shape index (κ2) is 9.41. The van der Waals surface area contributed by atoms with Crippen LogP contribution < -0.4 is 16.0 Å². The average molecular weight is 456 g/mol. The van der Waals surface area contributed by atoms with Crippen molar-refractivity contribution in [3.63, 3.8) is 0 Å².